The quantitative estimate of drug-likeness (QED) is 0.506. The number of amides is 1. The minimum Gasteiger partial charge on any atom is -0.359 e. The van der Waals surface area contributed by atoms with E-state index in [2.05, 4.69) is 23.3 Å². The van der Waals surface area contributed by atoms with Gasteiger partial charge in [0, 0.05) is 36.2 Å². The van der Waals surface area contributed by atoms with Gasteiger partial charge in [-0.25, -0.2) is 0 Å². The van der Waals surface area contributed by atoms with Crippen molar-refractivity contribution in [3.8, 4) is 0 Å². The van der Waals surface area contributed by atoms with Gasteiger partial charge >= 0.3 is 0 Å². The molecular weight excluding hydrogens is 358 g/mol. The van der Waals surface area contributed by atoms with Crippen LogP contribution in [0.3, 0.4) is 0 Å². The summed E-state index contributed by atoms with van der Waals surface area (Å²) in [6.07, 6.45) is 3.58. The second-order valence-electron chi connectivity index (χ2n) is 7.14. The molecule has 1 aromatic heterocycles. The minimum atomic E-state index is -0.453. The SMILES string of the molecule is Cc1ccccc1N(C)[C@@H](C(=O)Nc1ccc2cnccc2c1)c1ccccc1. The summed E-state index contributed by atoms with van der Waals surface area (Å²) in [6, 6.07) is 25.3. The molecule has 0 unspecified atom stereocenters. The van der Waals surface area contributed by atoms with Gasteiger partial charge in [0.05, 0.1) is 0 Å². The van der Waals surface area contributed by atoms with Crippen LogP contribution in [0, 0.1) is 6.92 Å². The highest BCUT2D eigenvalue weighted by molar-refractivity contribution is 5.99. The van der Waals surface area contributed by atoms with Crippen molar-refractivity contribution in [1.82, 2.24) is 4.98 Å². The number of hydrogen-bond donors (Lipinski definition) is 1. The van der Waals surface area contributed by atoms with Crippen molar-refractivity contribution in [2.75, 3.05) is 17.3 Å². The zero-order chi connectivity index (χ0) is 20.2. The average Bonchev–Trinajstić information content (AvgIpc) is 2.75. The monoisotopic (exact) mass is 381 g/mol. The molecule has 1 amide bonds. The molecule has 4 nitrogen and oxygen atoms in total. The number of rotatable bonds is 5. The molecule has 3 aromatic carbocycles. The maximum Gasteiger partial charge on any atom is 0.251 e. The molecule has 0 radical (unpaired) electrons. The molecule has 1 N–H and O–H groups in total. The van der Waals surface area contributed by atoms with Gasteiger partial charge in [0.2, 0.25) is 0 Å². The van der Waals surface area contributed by atoms with Crippen molar-refractivity contribution in [2.45, 2.75) is 13.0 Å². The lowest BCUT2D eigenvalue weighted by Crippen LogP contribution is -2.35. The van der Waals surface area contributed by atoms with Gasteiger partial charge in [0.25, 0.3) is 5.91 Å². The van der Waals surface area contributed by atoms with Crippen LogP contribution in [-0.2, 0) is 4.79 Å². The van der Waals surface area contributed by atoms with Gasteiger partial charge in [-0.05, 0) is 47.7 Å². The lowest BCUT2D eigenvalue weighted by Gasteiger charge is -2.30. The van der Waals surface area contributed by atoms with E-state index in [1.54, 1.807) is 6.20 Å². The molecule has 1 heterocycles. The van der Waals surface area contributed by atoms with E-state index in [4.69, 9.17) is 0 Å². The third-order valence-electron chi connectivity index (χ3n) is 5.15. The lowest BCUT2D eigenvalue weighted by molar-refractivity contribution is -0.117. The minimum absolute atomic E-state index is 0.0737. The second-order valence-corrected chi connectivity index (χ2v) is 7.14. The van der Waals surface area contributed by atoms with Gasteiger partial charge in [0.15, 0.2) is 0 Å². The zero-order valence-corrected chi connectivity index (χ0v) is 16.5. The molecule has 144 valence electrons. The molecule has 0 aliphatic rings. The molecule has 1 atom stereocenters. The van der Waals surface area contributed by atoms with Crippen molar-refractivity contribution in [2.24, 2.45) is 0 Å². The molecule has 0 spiro atoms. The molecule has 0 aliphatic heterocycles. The summed E-state index contributed by atoms with van der Waals surface area (Å²) in [5, 5.41) is 5.19. The third kappa shape index (κ3) is 3.97. The van der Waals surface area contributed by atoms with Crippen LogP contribution in [0.15, 0.2) is 91.3 Å². The summed E-state index contributed by atoms with van der Waals surface area (Å²) in [5.41, 5.74) is 3.87. The predicted molar refractivity (Wildman–Crippen MR) is 119 cm³/mol. The van der Waals surface area contributed by atoms with Gasteiger partial charge in [-0.2, -0.15) is 0 Å². The molecule has 29 heavy (non-hydrogen) atoms. The first-order chi connectivity index (χ1) is 14.1. The Morgan fingerprint density at radius 3 is 2.48 bits per heavy atom. The Morgan fingerprint density at radius 2 is 1.69 bits per heavy atom. The van der Waals surface area contributed by atoms with E-state index >= 15 is 0 Å². The Balaban J connectivity index is 1.68. The predicted octanol–water partition coefficient (Wildman–Crippen LogP) is 5.36. The molecule has 0 saturated carbocycles. The first-order valence-corrected chi connectivity index (χ1v) is 9.61. The van der Waals surface area contributed by atoms with Gasteiger partial charge in [-0.3, -0.25) is 9.78 Å². The number of carbonyl (C=O) groups is 1. The Labute approximate surface area is 170 Å². The molecular formula is C25H23N3O. The first-order valence-electron chi connectivity index (χ1n) is 9.61. The first kappa shape index (κ1) is 18.7. The van der Waals surface area contributed by atoms with E-state index in [0.717, 1.165) is 33.3 Å². The smallest absolute Gasteiger partial charge is 0.251 e. The Morgan fingerprint density at radius 1 is 0.931 bits per heavy atom. The van der Waals surface area contributed by atoms with Crippen LogP contribution in [0.2, 0.25) is 0 Å². The van der Waals surface area contributed by atoms with Crippen LogP contribution in [0.4, 0.5) is 11.4 Å². The van der Waals surface area contributed by atoms with Crippen LogP contribution < -0.4 is 10.2 Å². The zero-order valence-electron chi connectivity index (χ0n) is 16.5. The fourth-order valence-corrected chi connectivity index (χ4v) is 3.66. The number of nitrogens with zero attached hydrogens (tertiary/aromatic N) is 2. The number of fused-ring (bicyclic) bond motifs is 1. The van der Waals surface area contributed by atoms with Crippen LogP contribution in [0.5, 0.6) is 0 Å². The highest BCUT2D eigenvalue weighted by atomic mass is 16.2. The number of anilines is 2. The largest absolute Gasteiger partial charge is 0.359 e. The Kier molecular flexibility index (Phi) is 5.25. The number of nitrogens with one attached hydrogen (secondary N) is 1. The van der Waals surface area contributed by atoms with E-state index in [1.165, 1.54) is 0 Å². The molecule has 0 bridgehead atoms. The molecule has 0 saturated heterocycles. The van der Waals surface area contributed by atoms with Crippen LogP contribution in [-0.4, -0.2) is 17.9 Å². The molecule has 4 rings (SSSR count). The van der Waals surface area contributed by atoms with E-state index in [9.17, 15) is 4.79 Å². The highest BCUT2D eigenvalue weighted by Crippen LogP contribution is 2.29. The number of hydrogen-bond acceptors (Lipinski definition) is 3. The maximum absolute atomic E-state index is 13.4. The number of aryl methyl sites for hydroxylation is 1. The van der Waals surface area contributed by atoms with Gasteiger partial charge in [-0.15, -0.1) is 0 Å². The maximum atomic E-state index is 13.4. The Bertz CT molecular complexity index is 1140. The van der Waals surface area contributed by atoms with Crippen molar-refractivity contribution >= 4 is 28.1 Å². The molecule has 4 heteroatoms. The summed E-state index contributed by atoms with van der Waals surface area (Å²) in [7, 11) is 1.96. The topological polar surface area (TPSA) is 45.2 Å². The second kappa shape index (κ2) is 8.15. The molecule has 0 aliphatic carbocycles. The number of aromatic nitrogens is 1. The number of likely N-dealkylation sites (N-methyl/N-ethyl adjacent to an activating group) is 1. The van der Waals surface area contributed by atoms with Gasteiger partial charge in [0.1, 0.15) is 6.04 Å². The summed E-state index contributed by atoms with van der Waals surface area (Å²) in [4.78, 5) is 19.6. The van der Waals surface area contributed by atoms with Crippen molar-refractivity contribution in [1.29, 1.82) is 0 Å². The fraction of sp³-hybridized carbons (Fsp3) is 0.120. The average molecular weight is 381 g/mol. The number of pyridine rings is 1. The van der Waals surface area contributed by atoms with Crippen LogP contribution in [0.1, 0.15) is 17.2 Å². The third-order valence-corrected chi connectivity index (χ3v) is 5.15. The van der Waals surface area contributed by atoms with Crippen LogP contribution in [0.25, 0.3) is 10.8 Å². The highest BCUT2D eigenvalue weighted by Gasteiger charge is 2.26. The fourth-order valence-electron chi connectivity index (χ4n) is 3.66. The standard InChI is InChI=1S/C25H23N3O/c1-18-8-6-7-11-23(18)28(2)24(19-9-4-3-5-10-19)25(29)27-22-13-12-21-17-26-15-14-20(21)16-22/h3-17,24H,1-2H3,(H,27,29)/t24-/m1/s1. The van der Waals surface area contributed by atoms with Gasteiger partial charge in [-0.1, -0.05) is 54.6 Å². The molecule has 4 aromatic rings. The molecule has 0 fully saturated rings. The number of para-hydroxylation sites is 1. The summed E-state index contributed by atoms with van der Waals surface area (Å²) >= 11 is 0. The normalized spacial score (nSPS) is 11.8. The van der Waals surface area contributed by atoms with E-state index < -0.39 is 6.04 Å². The Hall–Kier alpha value is -3.66. The van der Waals surface area contributed by atoms with Crippen molar-refractivity contribution in [3.63, 3.8) is 0 Å². The van der Waals surface area contributed by atoms with Crippen molar-refractivity contribution in [3.05, 3.63) is 102 Å². The number of carbonyl (C=O) groups excluding carboxylic acids is 1. The summed E-state index contributed by atoms with van der Waals surface area (Å²) < 4.78 is 0. The lowest BCUT2D eigenvalue weighted by atomic mass is 10.0. The van der Waals surface area contributed by atoms with Crippen LogP contribution >= 0.6 is 0 Å². The number of benzene rings is 3. The van der Waals surface area contributed by atoms with Gasteiger partial charge < -0.3 is 10.2 Å². The van der Waals surface area contributed by atoms with Crippen molar-refractivity contribution < 1.29 is 4.79 Å². The summed E-state index contributed by atoms with van der Waals surface area (Å²) in [5.74, 6) is -0.0737. The van der Waals surface area contributed by atoms with E-state index in [-0.39, 0.29) is 5.91 Å². The van der Waals surface area contributed by atoms with E-state index in [0.29, 0.717) is 0 Å². The van der Waals surface area contributed by atoms with E-state index in [1.807, 2.05) is 90.9 Å². The summed E-state index contributed by atoms with van der Waals surface area (Å²) in [6.45, 7) is 2.06.